The lowest BCUT2D eigenvalue weighted by Gasteiger charge is -2.13. The summed E-state index contributed by atoms with van der Waals surface area (Å²) in [6.07, 6.45) is 3.82. The lowest BCUT2D eigenvalue weighted by atomic mass is 10.4. The molecule has 2 N–H and O–H groups in total. The van der Waals surface area contributed by atoms with Crippen LogP contribution in [0.2, 0.25) is 0 Å². The van der Waals surface area contributed by atoms with Gasteiger partial charge < -0.3 is 10.4 Å². The van der Waals surface area contributed by atoms with Gasteiger partial charge in [0, 0.05) is 29.9 Å². The highest BCUT2D eigenvalue weighted by atomic mass is 32.2. The van der Waals surface area contributed by atoms with Crippen LogP contribution in [0.5, 0.6) is 0 Å². The number of aliphatic hydroxyl groups excluding tert-OH is 1. The van der Waals surface area contributed by atoms with Crippen LogP contribution in [0.25, 0.3) is 0 Å². The fraction of sp³-hybridized carbons (Fsp3) is 0.667. The van der Waals surface area contributed by atoms with Crippen molar-refractivity contribution in [2.45, 2.75) is 17.9 Å². The molecule has 0 saturated carbocycles. The summed E-state index contributed by atoms with van der Waals surface area (Å²) in [6, 6.07) is 0.171. The van der Waals surface area contributed by atoms with Crippen LogP contribution in [-0.4, -0.2) is 39.8 Å². The molecule has 0 aliphatic rings. The average molecular weight is 215 g/mol. The molecular formula is C9H17N3OS. The highest BCUT2D eigenvalue weighted by Crippen LogP contribution is 2.16. The van der Waals surface area contributed by atoms with Crippen molar-refractivity contribution in [2.24, 2.45) is 7.05 Å². The van der Waals surface area contributed by atoms with Gasteiger partial charge in [0.1, 0.15) is 0 Å². The summed E-state index contributed by atoms with van der Waals surface area (Å²) in [5, 5.41) is 16.3. The molecule has 0 aromatic carbocycles. The van der Waals surface area contributed by atoms with Crippen molar-refractivity contribution in [1.29, 1.82) is 0 Å². The Balaban J connectivity index is 2.31. The van der Waals surface area contributed by atoms with Crippen LogP contribution in [0.15, 0.2) is 17.3 Å². The second-order valence-corrected chi connectivity index (χ2v) is 4.19. The lowest BCUT2D eigenvalue weighted by molar-refractivity contribution is 0.255. The van der Waals surface area contributed by atoms with Gasteiger partial charge in [0.05, 0.1) is 12.8 Å². The minimum absolute atomic E-state index is 0.171. The first-order valence-corrected chi connectivity index (χ1v) is 5.70. The van der Waals surface area contributed by atoms with Crippen LogP contribution in [0.4, 0.5) is 0 Å². The van der Waals surface area contributed by atoms with Gasteiger partial charge >= 0.3 is 0 Å². The van der Waals surface area contributed by atoms with E-state index in [0.29, 0.717) is 0 Å². The van der Waals surface area contributed by atoms with E-state index in [-0.39, 0.29) is 12.6 Å². The third-order valence-electron chi connectivity index (χ3n) is 1.85. The standard InChI is InChI=1S/C9H17N3OS/c1-3-10-8(6-13)7-14-9-4-11-12(2)5-9/h4-5,8,10,13H,3,6-7H2,1-2H3. The highest BCUT2D eigenvalue weighted by Gasteiger charge is 2.06. The van der Waals surface area contributed by atoms with Crippen molar-refractivity contribution >= 4 is 11.8 Å². The van der Waals surface area contributed by atoms with Gasteiger partial charge in [0.2, 0.25) is 0 Å². The number of hydrogen-bond acceptors (Lipinski definition) is 4. The molecule has 5 heteroatoms. The summed E-state index contributed by atoms with van der Waals surface area (Å²) >= 11 is 1.71. The molecule has 1 aromatic heterocycles. The molecule has 1 aromatic rings. The molecule has 80 valence electrons. The Kier molecular flexibility index (Phi) is 5.00. The fourth-order valence-electron chi connectivity index (χ4n) is 1.13. The molecule has 0 bridgehead atoms. The van der Waals surface area contributed by atoms with E-state index in [1.807, 2.05) is 26.4 Å². The van der Waals surface area contributed by atoms with Gasteiger partial charge in [-0.25, -0.2) is 0 Å². The molecule has 0 radical (unpaired) electrons. The van der Waals surface area contributed by atoms with E-state index in [4.69, 9.17) is 5.11 Å². The minimum atomic E-state index is 0.171. The van der Waals surface area contributed by atoms with Crippen molar-refractivity contribution in [3.05, 3.63) is 12.4 Å². The monoisotopic (exact) mass is 215 g/mol. The number of thioether (sulfide) groups is 1. The summed E-state index contributed by atoms with van der Waals surface area (Å²) in [6.45, 7) is 3.11. The first-order valence-electron chi connectivity index (χ1n) is 4.72. The van der Waals surface area contributed by atoms with E-state index in [0.717, 1.165) is 17.2 Å². The normalized spacial score (nSPS) is 13.1. The first-order chi connectivity index (χ1) is 6.76. The van der Waals surface area contributed by atoms with E-state index < -0.39 is 0 Å². The summed E-state index contributed by atoms with van der Waals surface area (Å²) in [5.41, 5.74) is 0. The zero-order valence-electron chi connectivity index (χ0n) is 8.60. The Morgan fingerprint density at radius 2 is 2.50 bits per heavy atom. The number of nitrogens with zero attached hydrogens (tertiary/aromatic N) is 2. The van der Waals surface area contributed by atoms with E-state index in [2.05, 4.69) is 10.4 Å². The maximum Gasteiger partial charge on any atom is 0.0625 e. The van der Waals surface area contributed by atoms with Crippen LogP contribution in [0.3, 0.4) is 0 Å². The SMILES string of the molecule is CCNC(CO)CSc1cnn(C)c1. The Morgan fingerprint density at radius 3 is 3.00 bits per heavy atom. The molecule has 0 aliphatic carbocycles. The van der Waals surface area contributed by atoms with Gasteiger partial charge in [-0.15, -0.1) is 11.8 Å². The molecule has 1 heterocycles. The molecule has 1 unspecified atom stereocenters. The topological polar surface area (TPSA) is 50.1 Å². The highest BCUT2D eigenvalue weighted by molar-refractivity contribution is 7.99. The number of aryl methyl sites for hydroxylation is 1. The summed E-state index contributed by atoms with van der Waals surface area (Å²) in [7, 11) is 1.90. The van der Waals surface area contributed by atoms with Crippen molar-refractivity contribution in [3.8, 4) is 0 Å². The maximum atomic E-state index is 9.04. The second-order valence-electron chi connectivity index (χ2n) is 3.10. The Morgan fingerprint density at radius 1 is 1.71 bits per heavy atom. The van der Waals surface area contributed by atoms with Gasteiger partial charge in [-0.3, -0.25) is 4.68 Å². The number of aliphatic hydroxyl groups is 1. The Hall–Kier alpha value is -0.520. The lowest BCUT2D eigenvalue weighted by Crippen LogP contribution is -2.34. The smallest absolute Gasteiger partial charge is 0.0625 e. The van der Waals surface area contributed by atoms with E-state index in [9.17, 15) is 0 Å². The molecule has 0 aliphatic heterocycles. The average Bonchev–Trinajstić information content (AvgIpc) is 2.59. The maximum absolute atomic E-state index is 9.04. The zero-order chi connectivity index (χ0) is 10.4. The minimum Gasteiger partial charge on any atom is -0.395 e. The predicted molar refractivity (Wildman–Crippen MR) is 58.5 cm³/mol. The molecule has 0 amide bonds. The number of hydrogen-bond donors (Lipinski definition) is 2. The Bertz CT molecular complexity index is 264. The zero-order valence-corrected chi connectivity index (χ0v) is 9.42. The van der Waals surface area contributed by atoms with Crippen LogP contribution in [0, 0.1) is 0 Å². The van der Waals surface area contributed by atoms with Gasteiger partial charge in [0.15, 0.2) is 0 Å². The first kappa shape index (κ1) is 11.6. The molecule has 1 rings (SSSR count). The number of aromatic nitrogens is 2. The van der Waals surface area contributed by atoms with E-state index in [1.54, 1.807) is 16.4 Å². The number of likely N-dealkylation sites (N-methyl/N-ethyl adjacent to an activating group) is 1. The van der Waals surface area contributed by atoms with Gasteiger partial charge in [-0.1, -0.05) is 6.92 Å². The third-order valence-corrected chi connectivity index (χ3v) is 2.96. The van der Waals surface area contributed by atoms with Crippen molar-refractivity contribution in [1.82, 2.24) is 15.1 Å². The summed E-state index contributed by atoms with van der Waals surface area (Å²) < 4.78 is 1.78. The van der Waals surface area contributed by atoms with Gasteiger partial charge in [-0.2, -0.15) is 5.10 Å². The molecule has 0 spiro atoms. The van der Waals surface area contributed by atoms with Crippen molar-refractivity contribution in [2.75, 3.05) is 18.9 Å². The molecule has 14 heavy (non-hydrogen) atoms. The fourth-order valence-corrected chi connectivity index (χ4v) is 2.10. The van der Waals surface area contributed by atoms with Crippen molar-refractivity contribution in [3.63, 3.8) is 0 Å². The summed E-state index contributed by atoms with van der Waals surface area (Å²) in [5.74, 6) is 0.871. The molecule has 4 nitrogen and oxygen atoms in total. The number of rotatable bonds is 6. The van der Waals surface area contributed by atoms with Gasteiger partial charge in [-0.05, 0) is 6.54 Å². The molecule has 0 saturated heterocycles. The third kappa shape index (κ3) is 3.69. The summed E-state index contributed by atoms with van der Waals surface area (Å²) in [4.78, 5) is 1.14. The molecular weight excluding hydrogens is 198 g/mol. The van der Waals surface area contributed by atoms with E-state index in [1.165, 1.54) is 0 Å². The molecule has 0 fully saturated rings. The molecule has 1 atom stereocenters. The second kappa shape index (κ2) is 6.06. The predicted octanol–water partition coefficient (Wildman–Crippen LogP) is 0.483. The number of nitrogens with one attached hydrogen (secondary N) is 1. The van der Waals surface area contributed by atoms with Crippen LogP contribution >= 0.6 is 11.8 Å². The largest absolute Gasteiger partial charge is 0.395 e. The van der Waals surface area contributed by atoms with Crippen LogP contribution < -0.4 is 5.32 Å². The van der Waals surface area contributed by atoms with E-state index >= 15 is 0 Å². The Labute approximate surface area is 88.7 Å². The van der Waals surface area contributed by atoms with Crippen LogP contribution in [0.1, 0.15) is 6.92 Å². The van der Waals surface area contributed by atoms with Gasteiger partial charge in [0.25, 0.3) is 0 Å². The van der Waals surface area contributed by atoms with Crippen molar-refractivity contribution < 1.29 is 5.11 Å². The quantitative estimate of drug-likeness (QED) is 0.678. The van der Waals surface area contributed by atoms with Crippen LogP contribution in [-0.2, 0) is 7.05 Å².